The first kappa shape index (κ1) is 23.6. The van der Waals surface area contributed by atoms with E-state index >= 15 is 0 Å². The van der Waals surface area contributed by atoms with Gasteiger partial charge in [-0.2, -0.15) is 23.4 Å². The van der Waals surface area contributed by atoms with Crippen LogP contribution in [0.5, 0.6) is 0 Å². The molecule has 0 aromatic carbocycles. The molecule has 0 aliphatic heterocycles. The molecule has 0 aliphatic rings. The van der Waals surface area contributed by atoms with Gasteiger partial charge in [0.2, 0.25) is 0 Å². The monoisotopic (exact) mass is 513 g/mol. The van der Waals surface area contributed by atoms with Crippen molar-refractivity contribution in [3.63, 3.8) is 0 Å². The number of nitrogens with one attached hydrogen (secondary N) is 1. The van der Waals surface area contributed by atoms with Gasteiger partial charge < -0.3 is 5.32 Å². The Balaban J connectivity index is 1.62. The number of hydrogen-bond acceptors (Lipinski definition) is 7. The van der Waals surface area contributed by atoms with Crippen LogP contribution in [0.2, 0.25) is 5.02 Å². The summed E-state index contributed by atoms with van der Waals surface area (Å²) in [5.74, 6) is -0.822. The van der Waals surface area contributed by atoms with E-state index in [4.69, 9.17) is 11.6 Å². The van der Waals surface area contributed by atoms with Crippen molar-refractivity contribution in [2.24, 2.45) is 0 Å². The predicted molar refractivity (Wildman–Crippen MR) is 117 cm³/mol. The number of amides is 1. The molecule has 0 aliphatic carbocycles. The van der Waals surface area contributed by atoms with Crippen molar-refractivity contribution in [1.29, 1.82) is 0 Å². The van der Waals surface area contributed by atoms with Crippen molar-refractivity contribution in [3.8, 4) is 10.6 Å². The summed E-state index contributed by atoms with van der Waals surface area (Å²) in [6.45, 7) is 3.08. The molecule has 34 heavy (non-hydrogen) atoms. The van der Waals surface area contributed by atoms with Crippen LogP contribution in [-0.4, -0.2) is 41.8 Å². The first-order valence-corrected chi connectivity index (χ1v) is 10.9. The molecule has 0 fully saturated rings. The molecule has 4 aromatic heterocycles. The van der Waals surface area contributed by atoms with Gasteiger partial charge in [0.15, 0.2) is 17.0 Å². The lowest BCUT2D eigenvalue weighted by molar-refractivity contribution is -0.386. The maximum atomic E-state index is 13.7. The molecule has 10 nitrogen and oxygen atoms in total. The number of fused-ring (bicyclic) bond motifs is 1. The average molecular weight is 514 g/mol. The second-order valence-corrected chi connectivity index (χ2v) is 8.48. The van der Waals surface area contributed by atoms with Gasteiger partial charge in [0.1, 0.15) is 16.4 Å². The number of carbonyl (C=O) groups is 1. The molecular weight excluding hydrogens is 499 g/mol. The highest BCUT2D eigenvalue weighted by Crippen LogP contribution is 2.35. The number of alkyl halides is 3. The molecule has 0 saturated heterocycles. The summed E-state index contributed by atoms with van der Waals surface area (Å²) in [5.41, 5.74) is -1.40. The predicted octanol–water partition coefficient (Wildman–Crippen LogP) is 4.28. The van der Waals surface area contributed by atoms with Gasteiger partial charge in [-0.15, -0.1) is 11.3 Å². The van der Waals surface area contributed by atoms with Gasteiger partial charge in [-0.1, -0.05) is 17.7 Å². The number of carbonyl (C=O) groups excluding carboxylic acids is 1. The third-order valence-electron chi connectivity index (χ3n) is 4.95. The van der Waals surface area contributed by atoms with Gasteiger partial charge in [-0.05, 0) is 31.4 Å². The number of halogens is 4. The molecule has 1 N–H and O–H groups in total. The molecule has 4 rings (SSSR count). The number of aromatic nitrogens is 5. The Kier molecular flexibility index (Phi) is 6.03. The number of nitrogens with zero attached hydrogens (tertiary/aromatic N) is 6. The zero-order valence-electron chi connectivity index (χ0n) is 17.6. The fourth-order valence-corrected chi connectivity index (χ4v) is 4.35. The van der Waals surface area contributed by atoms with Crippen LogP contribution in [0.1, 0.15) is 27.6 Å². The first-order valence-electron chi connectivity index (χ1n) is 9.66. The van der Waals surface area contributed by atoms with Crippen molar-refractivity contribution in [3.05, 3.63) is 61.5 Å². The van der Waals surface area contributed by atoms with Crippen LogP contribution in [0, 0.1) is 24.0 Å². The van der Waals surface area contributed by atoms with Crippen LogP contribution in [0.4, 0.5) is 18.9 Å². The lowest BCUT2D eigenvalue weighted by Crippen LogP contribution is -2.28. The lowest BCUT2D eigenvalue weighted by atomic mass is 10.2. The van der Waals surface area contributed by atoms with Gasteiger partial charge >= 0.3 is 11.9 Å². The van der Waals surface area contributed by atoms with Crippen LogP contribution in [-0.2, 0) is 12.7 Å². The molecule has 15 heteroatoms. The van der Waals surface area contributed by atoms with Crippen molar-refractivity contribution >= 4 is 40.2 Å². The number of hydrogen-bond donors (Lipinski definition) is 1. The van der Waals surface area contributed by atoms with Crippen molar-refractivity contribution < 1.29 is 22.9 Å². The summed E-state index contributed by atoms with van der Waals surface area (Å²) in [6, 6.07) is 4.14. The molecule has 0 spiro atoms. The number of thiophene rings is 1. The quantitative estimate of drug-likeness (QED) is 0.303. The van der Waals surface area contributed by atoms with E-state index in [1.54, 1.807) is 17.5 Å². The van der Waals surface area contributed by atoms with Gasteiger partial charge in [0, 0.05) is 6.54 Å². The van der Waals surface area contributed by atoms with Crippen LogP contribution in [0.3, 0.4) is 0 Å². The van der Waals surface area contributed by atoms with E-state index in [1.165, 1.54) is 29.9 Å². The third-order valence-corrected chi connectivity index (χ3v) is 6.19. The average Bonchev–Trinajstić information content (AvgIpc) is 3.46. The molecule has 0 radical (unpaired) electrons. The maximum absolute atomic E-state index is 13.7. The van der Waals surface area contributed by atoms with Crippen molar-refractivity contribution in [2.45, 2.75) is 26.6 Å². The Labute approximate surface area is 198 Å². The van der Waals surface area contributed by atoms with E-state index in [9.17, 15) is 28.1 Å². The standard InChI is InChI=1S/C19H15ClF3N7O3S/c1-9-16(30(32)33)10(2)28(26-9)6-5-24-18(31)15-14(20)17-25-11(12-4-3-7-34-12)8-13(19(21,22)23)29(17)27-15/h3-4,7-8H,5-6H2,1-2H3,(H,24,31). The van der Waals surface area contributed by atoms with Gasteiger partial charge in [0.05, 0.1) is 22.0 Å². The molecule has 0 bridgehead atoms. The summed E-state index contributed by atoms with van der Waals surface area (Å²) < 4.78 is 43.0. The highest BCUT2D eigenvalue weighted by molar-refractivity contribution is 7.13. The van der Waals surface area contributed by atoms with Crippen molar-refractivity contribution in [1.82, 2.24) is 29.7 Å². The summed E-state index contributed by atoms with van der Waals surface area (Å²) in [5, 5.41) is 22.8. The number of aryl methyl sites for hydroxylation is 1. The van der Waals surface area contributed by atoms with E-state index < -0.39 is 28.4 Å². The second kappa shape index (κ2) is 8.68. The minimum atomic E-state index is -4.78. The van der Waals surface area contributed by atoms with Crippen molar-refractivity contribution in [2.75, 3.05) is 6.54 Å². The van der Waals surface area contributed by atoms with E-state index in [0.717, 1.165) is 6.07 Å². The fourth-order valence-electron chi connectivity index (χ4n) is 3.42. The summed E-state index contributed by atoms with van der Waals surface area (Å²) in [4.78, 5) is 27.9. The number of rotatable bonds is 6. The SMILES string of the molecule is Cc1nn(CCNC(=O)c2nn3c(C(F)(F)F)cc(-c4cccs4)nc3c2Cl)c(C)c1[N+](=O)[O-]. The summed E-state index contributed by atoms with van der Waals surface area (Å²) in [6.07, 6.45) is -4.78. The Bertz CT molecular complexity index is 1410. The van der Waals surface area contributed by atoms with Gasteiger partial charge in [-0.25, -0.2) is 9.50 Å². The largest absolute Gasteiger partial charge is 0.433 e. The Morgan fingerprint density at radius 2 is 2.06 bits per heavy atom. The van der Waals surface area contributed by atoms with E-state index in [2.05, 4.69) is 20.5 Å². The van der Waals surface area contributed by atoms with E-state index in [0.29, 0.717) is 15.1 Å². The molecule has 0 atom stereocenters. The van der Waals surface area contributed by atoms with Crippen LogP contribution < -0.4 is 5.32 Å². The topological polar surface area (TPSA) is 120 Å². The van der Waals surface area contributed by atoms with Crippen LogP contribution >= 0.6 is 22.9 Å². The van der Waals surface area contributed by atoms with Gasteiger partial charge in [-0.3, -0.25) is 19.6 Å². The molecule has 4 heterocycles. The molecule has 0 unspecified atom stereocenters. The molecule has 1 amide bonds. The molecular formula is C19H15ClF3N7O3S. The van der Waals surface area contributed by atoms with Crippen LogP contribution in [0.15, 0.2) is 23.6 Å². The molecule has 4 aromatic rings. The summed E-state index contributed by atoms with van der Waals surface area (Å²) >= 11 is 7.43. The van der Waals surface area contributed by atoms with E-state index in [1.807, 2.05) is 0 Å². The maximum Gasteiger partial charge on any atom is 0.433 e. The minimum absolute atomic E-state index is 0.0256. The fraction of sp³-hybridized carbons (Fsp3) is 0.263. The lowest BCUT2D eigenvalue weighted by Gasteiger charge is -2.10. The number of nitro groups is 1. The second-order valence-electron chi connectivity index (χ2n) is 7.16. The highest BCUT2D eigenvalue weighted by Gasteiger charge is 2.37. The Hall–Kier alpha value is -3.52. The zero-order valence-corrected chi connectivity index (χ0v) is 19.1. The van der Waals surface area contributed by atoms with E-state index in [-0.39, 0.29) is 40.8 Å². The normalized spacial score (nSPS) is 11.8. The minimum Gasteiger partial charge on any atom is -0.349 e. The molecule has 0 saturated carbocycles. The highest BCUT2D eigenvalue weighted by atomic mass is 35.5. The van der Waals surface area contributed by atoms with Crippen LogP contribution in [0.25, 0.3) is 16.2 Å². The zero-order chi connectivity index (χ0) is 24.8. The first-order chi connectivity index (χ1) is 16.0. The third kappa shape index (κ3) is 4.21. The Morgan fingerprint density at radius 3 is 2.65 bits per heavy atom. The molecule has 178 valence electrons. The smallest absolute Gasteiger partial charge is 0.349 e. The summed E-state index contributed by atoms with van der Waals surface area (Å²) in [7, 11) is 0. The van der Waals surface area contributed by atoms with Gasteiger partial charge in [0.25, 0.3) is 5.91 Å². The Morgan fingerprint density at radius 1 is 1.32 bits per heavy atom.